The second-order valence-electron chi connectivity index (χ2n) is 7.17. The Bertz CT molecular complexity index is 1030. The third-order valence-corrected chi connectivity index (χ3v) is 5.65. The molecule has 1 heterocycles. The summed E-state index contributed by atoms with van der Waals surface area (Å²) in [6.07, 6.45) is 0. The number of aryl methyl sites for hydroxylation is 2. The number of para-hydroxylation sites is 1. The Hall–Kier alpha value is -3.20. The number of rotatable bonds is 9. The number of amides is 1. The molecule has 0 spiro atoms. The predicted molar refractivity (Wildman–Crippen MR) is 121 cm³/mol. The minimum atomic E-state index is -0.408. The van der Waals surface area contributed by atoms with Crippen LogP contribution < -0.4 is 20.6 Å². The molecule has 164 valence electrons. The molecule has 1 atom stereocenters. The Morgan fingerprint density at radius 1 is 1.19 bits per heavy atom. The molecule has 3 aromatic rings. The van der Waals surface area contributed by atoms with E-state index in [0.29, 0.717) is 17.5 Å². The van der Waals surface area contributed by atoms with Gasteiger partial charge >= 0.3 is 0 Å². The molecule has 1 unspecified atom stereocenters. The van der Waals surface area contributed by atoms with E-state index >= 15 is 0 Å². The first kappa shape index (κ1) is 22.5. The van der Waals surface area contributed by atoms with Gasteiger partial charge in [0.15, 0.2) is 5.82 Å². The lowest BCUT2D eigenvalue weighted by atomic mass is 10.1. The molecule has 9 heteroatoms. The van der Waals surface area contributed by atoms with Crippen molar-refractivity contribution in [2.75, 3.05) is 13.0 Å². The number of thioether (sulfide) groups is 1. The molecule has 0 saturated heterocycles. The zero-order chi connectivity index (χ0) is 22.4. The van der Waals surface area contributed by atoms with E-state index in [4.69, 9.17) is 15.3 Å². The van der Waals surface area contributed by atoms with Crippen molar-refractivity contribution in [1.82, 2.24) is 20.2 Å². The van der Waals surface area contributed by atoms with Crippen LogP contribution in [0.3, 0.4) is 0 Å². The van der Waals surface area contributed by atoms with Gasteiger partial charge < -0.3 is 20.6 Å². The van der Waals surface area contributed by atoms with Gasteiger partial charge in [0.2, 0.25) is 11.1 Å². The molecular weight excluding hydrogens is 414 g/mol. The van der Waals surface area contributed by atoms with Crippen LogP contribution in [-0.2, 0) is 17.9 Å². The van der Waals surface area contributed by atoms with Crippen molar-refractivity contribution < 1.29 is 14.3 Å². The van der Waals surface area contributed by atoms with E-state index in [1.54, 1.807) is 14.0 Å². The van der Waals surface area contributed by atoms with Crippen molar-refractivity contribution in [3.8, 4) is 11.5 Å². The zero-order valence-corrected chi connectivity index (χ0v) is 18.9. The van der Waals surface area contributed by atoms with Crippen LogP contribution in [0.15, 0.2) is 47.6 Å². The van der Waals surface area contributed by atoms with E-state index < -0.39 is 5.25 Å². The quantitative estimate of drug-likeness (QED) is 0.388. The highest BCUT2D eigenvalue weighted by atomic mass is 32.2. The van der Waals surface area contributed by atoms with E-state index in [1.165, 1.54) is 16.4 Å². The summed E-state index contributed by atoms with van der Waals surface area (Å²) in [7, 11) is 1.61. The molecule has 0 saturated carbocycles. The Morgan fingerprint density at radius 2 is 1.90 bits per heavy atom. The number of nitrogen functional groups attached to an aromatic ring is 1. The van der Waals surface area contributed by atoms with Crippen molar-refractivity contribution in [2.45, 2.75) is 44.3 Å². The average Bonchev–Trinajstić information content (AvgIpc) is 3.09. The number of hydrogen-bond donors (Lipinski definition) is 2. The van der Waals surface area contributed by atoms with Gasteiger partial charge in [0.05, 0.1) is 12.4 Å². The summed E-state index contributed by atoms with van der Waals surface area (Å²) < 4.78 is 12.5. The van der Waals surface area contributed by atoms with E-state index in [0.717, 1.165) is 28.2 Å². The molecule has 0 radical (unpaired) electrons. The van der Waals surface area contributed by atoms with Gasteiger partial charge in [0, 0.05) is 12.1 Å². The van der Waals surface area contributed by atoms with E-state index in [1.807, 2.05) is 50.2 Å². The molecule has 3 rings (SSSR count). The Balaban J connectivity index is 1.56. The third kappa shape index (κ3) is 5.91. The van der Waals surface area contributed by atoms with Crippen LogP contribution in [0.1, 0.15) is 29.4 Å². The van der Waals surface area contributed by atoms with Crippen LogP contribution in [0.5, 0.6) is 11.5 Å². The van der Waals surface area contributed by atoms with Gasteiger partial charge in [-0.15, -0.1) is 10.2 Å². The highest BCUT2D eigenvalue weighted by Gasteiger charge is 2.20. The fraction of sp³-hybridized carbons (Fsp3) is 0.318. The van der Waals surface area contributed by atoms with Gasteiger partial charge in [-0.25, -0.2) is 4.68 Å². The summed E-state index contributed by atoms with van der Waals surface area (Å²) in [5.41, 5.74) is 3.14. The minimum Gasteiger partial charge on any atom is -0.496 e. The molecule has 0 bridgehead atoms. The molecule has 2 aromatic carbocycles. The SMILES string of the molecule is COc1ccccc1CNC(=O)C(C)Sc1nnc(COc2cc(C)cc(C)c2)n1N. The largest absolute Gasteiger partial charge is 0.496 e. The molecule has 31 heavy (non-hydrogen) atoms. The smallest absolute Gasteiger partial charge is 0.233 e. The van der Waals surface area contributed by atoms with Crippen molar-refractivity contribution in [3.05, 3.63) is 65.0 Å². The number of methoxy groups -OCH3 is 1. The van der Waals surface area contributed by atoms with Crippen LogP contribution in [0.2, 0.25) is 0 Å². The van der Waals surface area contributed by atoms with Crippen LogP contribution in [-0.4, -0.2) is 33.1 Å². The number of carbonyl (C=O) groups excluding carboxylic acids is 1. The van der Waals surface area contributed by atoms with Crippen molar-refractivity contribution >= 4 is 17.7 Å². The highest BCUT2D eigenvalue weighted by Crippen LogP contribution is 2.23. The van der Waals surface area contributed by atoms with E-state index in [2.05, 4.69) is 21.6 Å². The normalized spacial score (nSPS) is 11.7. The van der Waals surface area contributed by atoms with Gasteiger partial charge in [0.1, 0.15) is 18.1 Å². The second-order valence-corrected chi connectivity index (χ2v) is 8.48. The molecule has 8 nitrogen and oxygen atoms in total. The maximum Gasteiger partial charge on any atom is 0.233 e. The second kappa shape index (κ2) is 10.2. The average molecular weight is 442 g/mol. The molecule has 1 aromatic heterocycles. The summed E-state index contributed by atoms with van der Waals surface area (Å²) >= 11 is 1.24. The first-order valence-corrected chi connectivity index (χ1v) is 10.7. The van der Waals surface area contributed by atoms with E-state index in [-0.39, 0.29) is 12.5 Å². The number of nitrogens with zero attached hydrogens (tertiary/aromatic N) is 3. The number of nitrogens with one attached hydrogen (secondary N) is 1. The molecule has 0 aliphatic carbocycles. The predicted octanol–water partition coefficient (Wildman–Crippen LogP) is 2.99. The summed E-state index contributed by atoms with van der Waals surface area (Å²) in [5.74, 6) is 7.95. The van der Waals surface area contributed by atoms with Crippen LogP contribution >= 0.6 is 11.8 Å². The fourth-order valence-corrected chi connectivity index (χ4v) is 3.85. The molecular formula is C22H27N5O3S. The first-order valence-electron chi connectivity index (χ1n) is 9.84. The first-order chi connectivity index (χ1) is 14.9. The van der Waals surface area contributed by atoms with Crippen LogP contribution in [0.25, 0.3) is 0 Å². The Morgan fingerprint density at radius 3 is 2.61 bits per heavy atom. The third-order valence-electron chi connectivity index (χ3n) is 4.60. The molecule has 3 N–H and O–H groups in total. The van der Waals surface area contributed by atoms with Crippen molar-refractivity contribution in [1.29, 1.82) is 0 Å². The Labute approximate surface area is 186 Å². The number of hydrogen-bond acceptors (Lipinski definition) is 7. The molecule has 1 amide bonds. The van der Waals surface area contributed by atoms with Gasteiger partial charge in [-0.1, -0.05) is 36.0 Å². The maximum atomic E-state index is 12.5. The van der Waals surface area contributed by atoms with Gasteiger partial charge in [-0.05, 0) is 50.1 Å². The van der Waals surface area contributed by atoms with E-state index in [9.17, 15) is 4.79 Å². The lowest BCUT2D eigenvalue weighted by Crippen LogP contribution is -2.31. The highest BCUT2D eigenvalue weighted by molar-refractivity contribution is 8.00. The topological polar surface area (TPSA) is 104 Å². The number of benzene rings is 2. The minimum absolute atomic E-state index is 0.132. The molecule has 0 aliphatic heterocycles. The Kier molecular flexibility index (Phi) is 7.41. The lowest BCUT2D eigenvalue weighted by Gasteiger charge is -2.13. The summed E-state index contributed by atoms with van der Waals surface area (Å²) in [6, 6.07) is 13.5. The monoisotopic (exact) mass is 441 g/mol. The van der Waals surface area contributed by atoms with Gasteiger partial charge in [-0.2, -0.15) is 0 Å². The maximum absolute atomic E-state index is 12.5. The van der Waals surface area contributed by atoms with Crippen molar-refractivity contribution in [2.24, 2.45) is 0 Å². The molecule has 0 aliphatic rings. The summed E-state index contributed by atoms with van der Waals surface area (Å²) in [6.45, 7) is 6.38. The number of aromatic nitrogens is 3. The summed E-state index contributed by atoms with van der Waals surface area (Å²) in [4.78, 5) is 12.5. The van der Waals surface area contributed by atoms with Crippen LogP contribution in [0.4, 0.5) is 0 Å². The number of nitrogens with two attached hydrogens (primary N) is 1. The zero-order valence-electron chi connectivity index (χ0n) is 18.1. The van der Waals surface area contributed by atoms with Crippen molar-refractivity contribution in [3.63, 3.8) is 0 Å². The standard InChI is InChI=1S/C22H27N5O3S/c1-14-9-15(2)11-18(10-14)30-13-20-25-26-22(27(20)23)31-16(3)21(28)24-12-17-7-5-6-8-19(17)29-4/h5-11,16H,12-13,23H2,1-4H3,(H,24,28). The van der Waals surface area contributed by atoms with Crippen LogP contribution in [0, 0.1) is 13.8 Å². The van der Waals surface area contributed by atoms with Gasteiger partial charge in [0.25, 0.3) is 0 Å². The lowest BCUT2D eigenvalue weighted by molar-refractivity contribution is -0.120. The molecule has 0 fully saturated rings. The van der Waals surface area contributed by atoms with Gasteiger partial charge in [-0.3, -0.25) is 4.79 Å². The fourth-order valence-electron chi connectivity index (χ4n) is 3.04. The number of carbonyl (C=O) groups is 1. The number of ether oxygens (including phenoxy) is 2. The summed E-state index contributed by atoms with van der Waals surface area (Å²) in [5, 5.41) is 11.2.